The van der Waals surface area contributed by atoms with Crippen molar-refractivity contribution in [3.05, 3.63) is 80.6 Å². The molecule has 8 nitrogen and oxygen atoms in total. The van der Waals surface area contributed by atoms with Crippen molar-refractivity contribution < 1.29 is 17.9 Å². The lowest BCUT2D eigenvalue weighted by Crippen LogP contribution is -2.27. The summed E-state index contributed by atoms with van der Waals surface area (Å²) in [6, 6.07) is 7.34. The summed E-state index contributed by atoms with van der Waals surface area (Å²) in [5, 5.41) is 9.11. The average Bonchev–Trinajstić information content (AvgIpc) is 2.67. The number of hydrogen-bond acceptors (Lipinski definition) is 6. The first-order chi connectivity index (χ1) is 13.7. The number of rotatable bonds is 4. The molecule has 0 N–H and O–H groups in total. The third kappa shape index (κ3) is 4.16. The van der Waals surface area contributed by atoms with E-state index in [4.69, 9.17) is 10.00 Å². The Hall–Kier alpha value is -3.94. The smallest absolute Gasteiger partial charge is 0.437 e. The number of nitriles is 1. The van der Waals surface area contributed by atoms with Crippen LogP contribution in [0.15, 0.2) is 52.6 Å². The van der Waals surface area contributed by atoms with E-state index in [1.807, 2.05) is 0 Å². The van der Waals surface area contributed by atoms with Crippen molar-refractivity contribution in [3.8, 4) is 17.6 Å². The molecule has 11 heteroatoms. The molecule has 0 saturated heterocycles. The second-order valence-corrected chi connectivity index (χ2v) is 5.89. The standard InChI is InChI=1S/C18H12F3N5O3/c1-25-8-12(23-7-14(25)27)9-26-10-24-16(18(19,20)21)15(17(26)28)29-13-5-3-2-4-11(13)6-22/h2-5,7-8,10H,9H2,1H3. The SMILES string of the molecule is Cn1cc(Cn2cnc(C(F)(F)F)c(Oc3ccccc3C#N)c2=O)ncc1=O. The molecule has 0 spiro atoms. The first-order valence-corrected chi connectivity index (χ1v) is 8.06. The largest absolute Gasteiger partial charge is 0.448 e. The molecular weight excluding hydrogens is 391 g/mol. The van der Waals surface area contributed by atoms with Gasteiger partial charge in [-0.3, -0.25) is 19.1 Å². The van der Waals surface area contributed by atoms with E-state index in [1.54, 1.807) is 6.07 Å². The van der Waals surface area contributed by atoms with Gasteiger partial charge in [-0.05, 0) is 12.1 Å². The lowest BCUT2D eigenvalue weighted by atomic mass is 10.2. The number of nitrogens with zero attached hydrogens (tertiary/aromatic N) is 5. The highest BCUT2D eigenvalue weighted by molar-refractivity contribution is 5.45. The molecule has 2 aromatic heterocycles. The van der Waals surface area contributed by atoms with Crippen LogP contribution in [0.3, 0.4) is 0 Å². The van der Waals surface area contributed by atoms with Crippen molar-refractivity contribution >= 4 is 0 Å². The van der Waals surface area contributed by atoms with Crippen LogP contribution in [0.4, 0.5) is 13.2 Å². The van der Waals surface area contributed by atoms with Crippen LogP contribution >= 0.6 is 0 Å². The molecule has 0 aliphatic carbocycles. The molecule has 0 radical (unpaired) electrons. The predicted molar refractivity (Wildman–Crippen MR) is 93.3 cm³/mol. The molecule has 0 unspecified atom stereocenters. The number of para-hydroxylation sites is 1. The van der Waals surface area contributed by atoms with Gasteiger partial charge in [-0.25, -0.2) is 4.98 Å². The molecule has 0 amide bonds. The molecular formula is C18H12F3N5O3. The highest BCUT2D eigenvalue weighted by Crippen LogP contribution is 2.35. The maximum atomic E-state index is 13.4. The highest BCUT2D eigenvalue weighted by Gasteiger charge is 2.39. The quantitative estimate of drug-likeness (QED) is 0.661. The van der Waals surface area contributed by atoms with E-state index in [2.05, 4.69) is 9.97 Å². The Kier molecular flexibility index (Phi) is 5.18. The summed E-state index contributed by atoms with van der Waals surface area (Å²) >= 11 is 0. The third-order valence-electron chi connectivity index (χ3n) is 3.85. The lowest BCUT2D eigenvalue weighted by molar-refractivity contribution is -0.142. The van der Waals surface area contributed by atoms with Crippen molar-refractivity contribution in [2.45, 2.75) is 12.7 Å². The van der Waals surface area contributed by atoms with Gasteiger partial charge in [0.2, 0.25) is 5.75 Å². The topological polar surface area (TPSA) is 103 Å². The number of hydrogen-bond donors (Lipinski definition) is 0. The third-order valence-corrected chi connectivity index (χ3v) is 3.85. The number of ether oxygens (including phenoxy) is 1. The Morgan fingerprint density at radius 1 is 1.21 bits per heavy atom. The van der Waals surface area contributed by atoms with Gasteiger partial charge in [0.1, 0.15) is 11.8 Å². The summed E-state index contributed by atoms with van der Waals surface area (Å²) in [5.41, 5.74) is -2.81. The number of halogens is 3. The summed E-state index contributed by atoms with van der Waals surface area (Å²) in [4.78, 5) is 31.3. The van der Waals surface area contributed by atoms with Gasteiger partial charge in [-0.15, -0.1) is 0 Å². The van der Waals surface area contributed by atoms with Gasteiger partial charge in [-0.2, -0.15) is 18.4 Å². The Balaban J connectivity index is 2.10. The van der Waals surface area contributed by atoms with Crippen LogP contribution in [0.2, 0.25) is 0 Å². The number of alkyl halides is 3. The molecule has 0 atom stereocenters. The normalized spacial score (nSPS) is 11.1. The van der Waals surface area contributed by atoms with E-state index in [-0.39, 0.29) is 29.1 Å². The first kappa shape index (κ1) is 19.8. The molecule has 0 saturated carbocycles. The predicted octanol–water partition coefficient (Wildman–Crippen LogP) is 2.07. The second kappa shape index (κ2) is 7.59. The van der Waals surface area contributed by atoms with E-state index in [9.17, 15) is 22.8 Å². The zero-order valence-electron chi connectivity index (χ0n) is 14.8. The summed E-state index contributed by atoms with van der Waals surface area (Å²) in [5.74, 6) is -1.27. The number of aromatic nitrogens is 4. The second-order valence-electron chi connectivity index (χ2n) is 5.89. The lowest BCUT2D eigenvalue weighted by Gasteiger charge is -2.15. The maximum Gasteiger partial charge on any atom is 0.437 e. The summed E-state index contributed by atoms with van der Waals surface area (Å²) in [7, 11) is 1.47. The minimum Gasteiger partial charge on any atom is -0.448 e. The van der Waals surface area contributed by atoms with E-state index in [0.717, 1.165) is 17.1 Å². The number of benzene rings is 1. The fourth-order valence-corrected chi connectivity index (χ4v) is 2.44. The van der Waals surface area contributed by atoms with E-state index in [1.165, 1.54) is 42.1 Å². The highest BCUT2D eigenvalue weighted by atomic mass is 19.4. The Morgan fingerprint density at radius 3 is 2.59 bits per heavy atom. The molecule has 0 aliphatic heterocycles. The van der Waals surface area contributed by atoms with Crippen molar-refractivity contribution in [1.29, 1.82) is 5.26 Å². The van der Waals surface area contributed by atoms with Crippen LogP contribution in [0.5, 0.6) is 11.5 Å². The van der Waals surface area contributed by atoms with Crippen LogP contribution < -0.4 is 15.9 Å². The zero-order valence-corrected chi connectivity index (χ0v) is 14.8. The van der Waals surface area contributed by atoms with Crippen LogP contribution in [-0.2, 0) is 19.8 Å². The van der Waals surface area contributed by atoms with Gasteiger partial charge < -0.3 is 9.30 Å². The van der Waals surface area contributed by atoms with Crippen LogP contribution in [-0.4, -0.2) is 19.1 Å². The van der Waals surface area contributed by atoms with Gasteiger partial charge in [-0.1, -0.05) is 12.1 Å². The molecule has 2 heterocycles. The van der Waals surface area contributed by atoms with Crippen molar-refractivity contribution in [1.82, 2.24) is 19.1 Å². The molecule has 148 valence electrons. The zero-order chi connectivity index (χ0) is 21.2. The van der Waals surface area contributed by atoms with Gasteiger partial charge in [0.25, 0.3) is 11.1 Å². The minimum absolute atomic E-state index is 0.0462. The molecule has 29 heavy (non-hydrogen) atoms. The van der Waals surface area contributed by atoms with Crippen molar-refractivity contribution in [2.24, 2.45) is 7.05 Å². The van der Waals surface area contributed by atoms with E-state index < -0.39 is 23.2 Å². The van der Waals surface area contributed by atoms with Crippen molar-refractivity contribution in [3.63, 3.8) is 0 Å². The fraction of sp³-hybridized carbons (Fsp3) is 0.167. The van der Waals surface area contributed by atoms with Crippen LogP contribution in [0, 0.1) is 11.3 Å². The molecule has 0 fully saturated rings. The Labute approximate surface area is 161 Å². The monoisotopic (exact) mass is 403 g/mol. The Bertz CT molecular complexity index is 1220. The molecule has 3 rings (SSSR count). The first-order valence-electron chi connectivity index (χ1n) is 8.06. The molecule has 0 aliphatic rings. The van der Waals surface area contributed by atoms with Crippen molar-refractivity contribution in [2.75, 3.05) is 0 Å². The molecule has 3 aromatic rings. The summed E-state index contributed by atoms with van der Waals surface area (Å²) in [6.07, 6.45) is -1.86. The maximum absolute atomic E-state index is 13.4. The summed E-state index contributed by atoms with van der Waals surface area (Å²) < 4.78 is 47.4. The average molecular weight is 403 g/mol. The molecule has 1 aromatic carbocycles. The number of aryl methyl sites for hydroxylation is 1. The van der Waals surface area contributed by atoms with Crippen LogP contribution in [0.25, 0.3) is 0 Å². The van der Waals surface area contributed by atoms with E-state index in [0.29, 0.717) is 0 Å². The minimum atomic E-state index is -4.95. The van der Waals surface area contributed by atoms with E-state index >= 15 is 0 Å². The van der Waals surface area contributed by atoms with Gasteiger partial charge in [0.15, 0.2) is 5.69 Å². The van der Waals surface area contributed by atoms with Gasteiger partial charge in [0.05, 0.1) is 30.3 Å². The molecule has 0 bridgehead atoms. The van der Waals surface area contributed by atoms with Crippen LogP contribution in [0.1, 0.15) is 17.0 Å². The summed E-state index contributed by atoms with van der Waals surface area (Å²) in [6.45, 7) is -0.242. The van der Waals surface area contributed by atoms with Gasteiger partial charge in [0, 0.05) is 13.2 Å². The fourth-order valence-electron chi connectivity index (χ4n) is 2.44. The van der Waals surface area contributed by atoms with Gasteiger partial charge >= 0.3 is 6.18 Å². The Morgan fingerprint density at radius 2 is 1.93 bits per heavy atom.